The zero-order valence-electron chi connectivity index (χ0n) is 20.5. The van der Waals surface area contributed by atoms with Crippen molar-refractivity contribution in [2.24, 2.45) is 0 Å². The van der Waals surface area contributed by atoms with E-state index in [4.69, 9.17) is 0 Å². The molecule has 0 radical (unpaired) electrons. The Balaban J connectivity index is 1.56. The van der Waals surface area contributed by atoms with E-state index in [0.29, 0.717) is 13.0 Å². The molecule has 194 valence electrons. The third-order valence-corrected chi connectivity index (χ3v) is 6.62. The molecule has 2 fully saturated rings. The van der Waals surface area contributed by atoms with Gasteiger partial charge in [-0.3, -0.25) is 9.69 Å². The molecule has 3 amide bonds. The van der Waals surface area contributed by atoms with Crippen LogP contribution >= 0.6 is 0 Å². The van der Waals surface area contributed by atoms with E-state index in [0.717, 1.165) is 5.56 Å². The van der Waals surface area contributed by atoms with Crippen molar-refractivity contribution in [3.8, 4) is 6.07 Å². The number of hydrogen-bond donors (Lipinski definition) is 4. The summed E-state index contributed by atoms with van der Waals surface area (Å²) in [5.41, 5.74) is -0.215. The summed E-state index contributed by atoms with van der Waals surface area (Å²) in [6.07, 6.45) is 1.84. The van der Waals surface area contributed by atoms with Crippen molar-refractivity contribution < 1.29 is 28.4 Å². The van der Waals surface area contributed by atoms with Crippen LogP contribution in [0.3, 0.4) is 0 Å². The summed E-state index contributed by atoms with van der Waals surface area (Å²) in [5.74, 6) is -4.24. The standard InChI is InChI=1S/C24H32BF2N5O4/c1-23(2,32-11-9-24(26,27)16-32)13-18(14-28)21(33)31-10-8-19(15-31)29-22(34)30-20(25(35)36)12-17-6-4-3-5-7-17/h3-7,13,19-20,35-36H,8-12,15-16H2,1-2H3,(H2,29,30,34)/t19?,20-/m0/s1. The van der Waals surface area contributed by atoms with Crippen LogP contribution in [0.4, 0.5) is 13.6 Å². The Morgan fingerprint density at radius 2 is 2.00 bits per heavy atom. The van der Waals surface area contributed by atoms with E-state index in [1.807, 2.05) is 36.4 Å². The molecule has 9 nitrogen and oxygen atoms in total. The molecule has 3 rings (SSSR count). The maximum Gasteiger partial charge on any atom is 0.475 e. The minimum atomic E-state index is -2.79. The van der Waals surface area contributed by atoms with Gasteiger partial charge >= 0.3 is 13.1 Å². The van der Waals surface area contributed by atoms with Crippen molar-refractivity contribution in [2.75, 3.05) is 26.2 Å². The zero-order chi connectivity index (χ0) is 26.5. The first-order valence-electron chi connectivity index (χ1n) is 11.9. The molecule has 1 aromatic rings. The molecule has 2 aliphatic heterocycles. The Labute approximate surface area is 209 Å². The third-order valence-electron chi connectivity index (χ3n) is 6.62. The number of halogens is 2. The molecular formula is C24H32BF2N5O4. The molecule has 2 saturated heterocycles. The van der Waals surface area contributed by atoms with Gasteiger partial charge < -0.3 is 25.6 Å². The molecule has 2 atom stereocenters. The summed E-state index contributed by atoms with van der Waals surface area (Å²) in [6, 6.07) is 9.98. The molecule has 1 unspecified atom stereocenters. The van der Waals surface area contributed by atoms with E-state index in [-0.39, 0.29) is 31.5 Å². The van der Waals surface area contributed by atoms with Crippen LogP contribution in [-0.2, 0) is 11.2 Å². The van der Waals surface area contributed by atoms with Crippen LogP contribution in [0.1, 0.15) is 32.3 Å². The second kappa shape index (κ2) is 11.4. The lowest BCUT2D eigenvalue weighted by atomic mass is 9.76. The highest BCUT2D eigenvalue weighted by atomic mass is 19.3. The lowest BCUT2D eigenvalue weighted by Gasteiger charge is -2.33. The van der Waals surface area contributed by atoms with Crippen LogP contribution in [0.25, 0.3) is 0 Å². The minimum Gasteiger partial charge on any atom is -0.426 e. The molecule has 0 bridgehead atoms. The van der Waals surface area contributed by atoms with Gasteiger partial charge in [-0.1, -0.05) is 30.3 Å². The van der Waals surface area contributed by atoms with Crippen molar-refractivity contribution in [2.45, 2.75) is 56.6 Å². The molecule has 2 aliphatic rings. The Morgan fingerprint density at radius 3 is 2.58 bits per heavy atom. The number of rotatable bonds is 8. The highest BCUT2D eigenvalue weighted by molar-refractivity contribution is 6.43. The van der Waals surface area contributed by atoms with Crippen molar-refractivity contribution in [1.82, 2.24) is 20.4 Å². The Kier molecular flexibility index (Phi) is 8.71. The Bertz CT molecular complexity index is 1020. The summed E-state index contributed by atoms with van der Waals surface area (Å²) in [6.45, 7) is 3.60. The molecule has 0 aromatic heterocycles. The topological polar surface area (TPSA) is 129 Å². The van der Waals surface area contributed by atoms with E-state index in [9.17, 15) is 33.7 Å². The fourth-order valence-electron chi connectivity index (χ4n) is 4.54. The first-order chi connectivity index (χ1) is 16.9. The number of likely N-dealkylation sites (tertiary alicyclic amines) is 2. The van der Waals surface area contributed by atoms with Gasteiger partial charge in [-0.2, -0.15) is 5.26 Å². The maximum absolute atomic E-state index is 13.7. The Morgan fingerprint density at radius 1 is 1.31 bits per heavy atom. The SMILES string of the molecule is CC(C)(C=C(C#N)C(=O)N1CCC(NC(=O)N[C@@H](Cc2ccccc2)B(O)O)C1)N1CCC(F)(F)C1. The van der Waals surface area contributed by atoms with E-state index in [1.165, 1.54) is 11.0 Å². The predicted molar refractivity (Wildman–Crippen MR) is 130 cm³/mol. The molecule has 0 spiro atoms. The lowest BCUT2D eigenvalue weighted by Crippen LogP contribution is -2.53. The summed E-state index contributed by atoms with van der Waals surface area (Å²) in [7, 11) is -1.76. The van der Waals surface area contributed by atoms with Gasteiger partial charge in [0.25, 0.3) is 11.8 Å². The number of nitriles is 1. The highest BCUT2D eigenvalue weighted by Gasteiger charge is 2.43. The lowest BCUT2D eigenvalue weighted by molar-refractivity contribution is -0.125. The predicted octanol–water partition coefficient (Wildman–Crippen LogP) is 1.08. The zero-order valence-corrected chi connectivity index (χ0v) is 20.5. The molecule has 12 heteroatoms. The number of nitrogens with zero attached hydrogens (tertiary/aromatic N) is 3. The van der Waals surface area contributed by atoms with Crippen LogP contribution in [-0.4, -0.2) is 88.5 Å². The summed E-state index contributed by atoms with van der Waals surface area (Å²) < 4.78 is 27.3. The maximum atomic E-state index is 13.7. The van der Waals surface area contributed by atoms with Crippen molar-refractivity contribution in [3.63, 3.8) is 0 Å². The first-order valence-corrected chi connectivity index (χ1v) is 11.9. The summed E-state index contributed by atoms with van der Waals surface area (Å²) in [5, 5.41) is 34.2. The quantitative estimate of drug-likeness (QED) is 0.239. The molecule has 2 heterocycles. The van der Waals surface area contributed by atoms with E-state index >= 15 is 0 Å². The second-order valence-corrected chi connectivity index (χ2v) is 9.92. The van der Waals surface area contributed by atoms with Crippen molar-refractivity contribution in [1.29, 1.82) is 5.26 Å². The van der Waals surface area contributed by atoms with Crippen LogP contribution < -0.4 is 10.6 Å². The molecule has 4 N–H and O–H groups in total. The number of nitrogens with one attached hydrogen (secondary N) is 2. The smallest absolute Gasteiger partial charge is 0.426 e. The van der Waals surface area contributed by atoms with Crippen LogP contribution in [0.15, 0.2) is 42.0 Å². The molecular weight excluding hydrogens is 471 g/mol. The van der Waals surface area contributed by atoms with E-state index < -0.39 is 49.0 Å². The van der Waals surface area contributed by atoms with Gasteiger partial charge in [-0.15, -0.1) is 0 Å². The van der Waals surface area contributed by atoms with Gasteiger partial charge in [0, 0.05) is 37.6 Å². The van der Waals surface area contributed by atoms with Gasteiger partial charge in [0.15, 0.2) is 0 Å². The normalized spacial score (nSPS) is 21.1. The molecule has 0 aliphatic carbocycles. The Hall–Kier alpha value is -3.01. The fraction of sp³-hybridized carbons (Fsp3) is 0.542. The number of hydrogen-bond acceptors (Lipinski definition) is 6. The van der Waals surface area contributed by atoms with Crippen LogP contribution in [0.2, 0.25) is 0 Å². The fourth-order valence-corrected chi connectivity index (χ4v) is 4.54. The summed E-state index contributed by atoms with van der Waals surface area (Å²) in [4.78, 5) is 28.4. The van der Waals surface area contributed by atoms with Gasteiger partial charge in [0.2, 0.25) is 0 Å². The average Bonchev–Trinajstić information content (AvgIpc) is 3.43. The number of amides is 3. The largest absolute Gasteiger partial charge is 0.475 e. The van der Waals surface area contributed by atoms with Gasteiger partial charge in [0.05, 0.1) is 12.5 Å². The number of urea groups is 1. The third kappa shape index (κ3) is 7.26. The van der Waals surface area contributed by atoms with E-state index in [2.05, 4.69) is 10.6 Å². The summed E-state index contributed by atoms with van der Waals surface area (Å²) >= 11 is 0. The minimum absolute atomic E-state index is 0.133. The van der Waals surface area contributed by atoms with Crippen LogP contribution in [0, 0.1) is 11.3 Å². The first kappa shape index (κ1) is 27.6. The molecule has 1 aromatic carbocycles. The molecule has 0 saturated carbocycles. The van der Waals surface area contributed by atoms with Gasteiger partial charge in [0.1, 0.15) is 11.6 Å². The second-order valence-electron chi connectivity index (χ2n) is 9.92. The molecule has 36 heavy (non-hydrogen) atoms. The number of benzene rings is 1. The number of alkyl halides is 2. The monoisotopic (exact) mass is 503 g/mol. The average molecular weight is 503 g/mol. The number of carbonyl (C=O) groups excluding carboxylic acids is 2. The highest BCUT2D eigenvalue weighted by Crippen LogP contribution is 2.33. The van der Waals surface area contributed by atoms with Crippen molar-refractivity contribution in [3.05, 3.63) is 47.5 Å². The van der Waals surface area contributed by atoms with Crippen molar-refractivity contribution >= 4 is 19.1 Å². The van der Waals surface area contributed by atoms with Gasteiger partial charge in [-0.25, -0.2) is 13.6 Å². The van der Waals surface area contributed by atoms with Gasteiger partial charge in [-0.05, 0) is 38.3 Å². The van der Waals surface area contributed by atoms with E-state index in [1.54, 1.807) is 18.7 Å². The number of carbonyl (C=O) groups is 2. The van der Waals surface area contributed by atoms with Crippen LogP contribution in [0.5, 0.6) is 0 Å².